The fourth-order valence-corrected chi connectivity index (χ4v) is 2.56. The maximum Gasteiger partial charge on any atom is 0.329 e. The van der Waals surface area contributed by atoms with E-state index in [0.717, 1.165) is 11.1 Å². The third kappa shape index (κ3) is 4.00. The Kier molecular flexibility index (Phi) is 5.56. The Balaban J connectivity index is 2.09. The van der Waals surface area contributed by atoms with Crippen molar-refractivity contribution in [3.63, 3.8) is 0 Å². The molecule has 124 valence electrons. The van der Waals surface area contributed by atoms with Crippen LogP contribution in [-0.2, 0) is 32.0 Å². The summed E-state index contributed by atoms with van der Waals surface area (Å²) in [7, 11) is 2.59. The predicted molar refractivity (Wildman–Crippen MR) is 81.5 cm³/mol. The van der Waals surface area contributed by atoms with Crippen molar-refractivity contribution in [2.75, 3.05) is 20.8 Å². The molecule has 1 aromatic rings. The smallest absolute Gasteiger partial charge is 0.329 e. The monoisotopic (exact) mass is 320 g/mol. The summed E-state index contributed by atoms with van der Waals surface area (Å²) >= 11 is 0. The quantitative estimate of drug-likeness (QED) is 0.832. The summed E-state index contributed by atoms with van der Waals surface area (Å²) in [6.07, 6.45) is 0.489. The van der Waals surface area contributed by atoms with Crippen LogP contribution in [0, 0.1) is 0 Å². The second-order valence-corrected chi connectivity index (χ2v) is 5.20. The highest BCUT2D eigenvalue weighted by atomic mass is 16.5. The van der Waals surface area contributed by atoms with E-state index in [1.807, 2.05) is 24.3 Å². The van der Waals surface area contributed by atoms with Crippen molar-refractivity contribution in [3.05, 3.63) is 35.4 Å². The molecule has 2 amide bonds. The molecule has 0 aliphatic carbocycles. The molecule has 1 N–H and O–H groups in total. The molecule has 1 aliphatic rings. The Morgan fingerprint density at radius 3 is 2.52 bits per heavy atom. The van der Waals surface area contributed by atoms with Crippen LogP contribution < -0.4 is 5.32 Å². The summed E-state index contributed by atoms with van der Waals surface area (Å²) in [5.74, 6) is -0.860. The number of benzene rings is 1. The number of ether oxygens (including phenoxy) is 2. The average Bonchev–Trinajstić information content (AvgIpc) is 2.59. The first-order chi connectivity index (χ1) is 11.1. The SMILES string of the molecule is COC(=O)CCNC(=O)N1Cc2ccccc2CC1C(=O)OC. The molecule has 0 aromatic heterocycles. The van der Waals surface area contributed by atoms with E-state index < -0.39 is 24.0 Å². The van der Waals surface area contributed by atoms with E-state index in [0.29, 0.717) is 13.0 Å². The lowest BCUT2D eigenvalue weighted by molar-refractivity contribution is -0.146. The van der Waals surface area contributed by atoms with Crippen LogP contribution in [0.1, 0.15) is 17.5 Å². The van der Waals surface area contributed by atoms with Crippen LogP contribution >= 0.6 is 0 Å². The number of fused-ring (bicyclic) bond motifs is 1. The van der Waals surface area contributed by atoms with Gasteiger partial charge in [0.2, 0.25) is 0 Å². The molecule has 1 atom stereocenters. The first-order valence-corrected chi connectivity index (χ1v) is 7.32. The molecule has 1 heterocycles. The number of carbonyl (C=O) groups excluding carboxylic acids is 3. The highest BCUT2D eigenvalue weighted by molar-refractivity contribution is 5.84. The molecule has 7 heteroatoms. The van der Waals surface area contributed by atoms with Crippen molar-refractivity contribution >= 4 is 18.0 Å². The van der Waals surface area contributed by atoms with E-state index in [1.165, 1.54) is 19.1 Å². The third-order valence-corrected chi connectivity index (χ3v) is 3.82. The molecule has 1 aromatic carbocycles. The molecule has 1 unspecified atom stereocenters. The number of amides is 2. The lowest BCUT2D eigenvalue weighted by Gasteiger charge is -2.35. The Labute approximate surface area is 134 Å². The van der Waals surface area contributed by atoms with Gasteiger partial charge in [-0.05, 0) is 11.1 Å². The lowest BCUT2D eigenvalue weighted by Crippen LogP contribution is -2.52. The maximum absolute atomic E-state index is 12.4. The van der Waals surface area contributed by atoms with E-state index >= 15 is 0 Å². The molecule has 0 bridgehead atoms. The second-order valence-electron chi connectivity index (χ2n) is 5.20. The Morgan fingerprint density at radius 1 is 1.17 bits per heavy atom. The molecule has 0 spiro atoms. The molecule has 1 aliphatic heterocycles. The number of nitrogens with one attached hydrogen (secondary N) is 1. The Hall–Kier alpha value is -2.57. The number of carbonyl (C=O) groups is 3. The first kappa shape index (κ1) is 16.8. The van der Waals surface area contributed by atoms with Gasteiger partial charge in [-0.2, -0.15) is 0 Å². The minimum Gasteiger partial charge on any atom is -0.469 e. The van der Waals surface area contributed by atoms with Crippen LogP contribution in [0.25, 0.3) is 0 Å². The summed E-state index contributed by atoms with van der Waals surface area (Å²) in [4.78, 5) is 36.9. The minimum absolute atomic E-state index is 0.0789. The number of esters is 2. The largest absolute Gasteiger partial charge is 0.469 e. The number of hydrogen-bond donors (Lipinski definition) is 1. The molecular formula is C16H20N2O5. The van der Waals surface area contributed by atoms with Gasteiger partial charge in [-0.1, -0.05) is 24.3 Å². The van der Waals surface area contributed by atoms with Gasteiger partial charge in [0, 0.05) is 19.5 Å². The van der Waals surface area contributed by atoms with Crippen molar-refractivity contribution in [3.8, 4) is 0 Å². The van der Waals surface area contributed by atoms with Gasteiger partial charge in [0.25, 0.3) is 0 Å². The zero-order valence-corrected chi connectivity index (χ0v) is 13.2. The number of urea groups is 1. The highest BCUT2D eigenvalue weighted by Gasteiger charge is 2.35. The van der Waals surface area contributed by atoms with Crippen molar-refractivity contribution in [2.45, 2.75) is 25.4 Å². The van der Waals surface area contributed by atoms with E-state index in [2.05, 4.69) is 10.1 Å². The van der Waals surface area contributed by atoms with Gasteiger partial charge >= 0.3 is 18.0 Å². The zero-order valence-electron chi connectivity index (χ0n) is 13.2. The zero-order chi connectivity index (χ0) is 16.8. The fourth-order valence-electron chi connectivity index (χ4n) is 2.56. The normalized spacial score (nSPS) is 16.3. The molecule has 2 rings (SSSR count). The Morgan fingerprint density at radius 2 is 1.87 bits per heavy atom. The predicted octanol–water partition coefficient (Wildman–Crippen LogP) is 0.859. The lowest BCUT2D eigenvalue weighted by atomic mass is 9.94. The van der Waals surface area contributed by atoms with Gasteiger partial charge in [-0.3, -0.25) is 4.79 Å². The van der Waals surface area contributed by atoms with Gasteiger partial charge in [0.05, 0.1) is 20.6 Å². The highest BCUT2D eigenvalue weighted by Crippen LogP contribution is 2.24. The minimum atomic E-state index is -0.673. The van der Waals surface area contributed by atoms with E-state index in [9.17, 15) is 14.4 Å². The Bertz CT molecular complexity index is 602. The second kappa shape index (κ2) is 7.62. The number of rotatable bonds is 4. The van der Waals surface area contributed by atoms with Crippen LogP contribution in [0.3, 0.4) is 0 Å². The molecule has 0 saturated heterocycles. The summed E-state index contributed by atoms with van der Waals surface area (Å²) in [6.45, 7) is 0.470. The van der Waals surface area contributed by atoms with Crippen LogP contribution in [0.4, 0.5) is 4.79 Å². The summed E-state index contributed by atoms with van der Waals surface area (Å²) in [6, 6.07) is 6.59. The van der Waals surface area contributed by atoms with E-state index in [1.54, 1.807) is 0 Å². The van der Waals surface area contributed by atoms with Crippen LogP contribution in [0.15, 0.2) is 24.3 Å². The van der Waals surface area contributed by atoms with Gasteiger partial charge < -0.3 is 19.7 Å². The van der Waals surface area contributed by atoms with Crippen LogP contribution in [-0.4, -0.2) is 49.7 Å². The van der Waals surface area contributed by atoms with Crippen molar-refractivity contribution in [2.24, 2.45) is 0 Å². The third-order valence-electron chi connectivity index (χ3n) is 3.82. The van der Waals surface area contributed by atoms with E-state index in [4.69, 9.17) is 4.74 Å². The molecule has 0 saturated carbocycles. The molecule has 0 fully saturated rings. The van der Waals surface area contributed by atoms with Crippen molar-refractivity contribution < 1.29 is 23.9 Å². The summed E-state index contributed by atoms with van der Waals surface area (Å²) in [5, 5.41) is 2.64. The average molecular weight is 320 g/mol. The molecule has 23 heavy (non-hydrogen) atoms. The molecular weight excluding hydrogens is 300 g/mol. The number of methoxy groups -OCH3 is 2. The van der Waals surface area contributed by atoms with Gasteiger partial charge in [0.1, 0.15) is 6.04 Å². The topological polar surface area (TPSA) is 84.9 Å². The van der Waals surface area contributed by atoms with Gasteiger partial charge in [-0.15, -0.1) is 0 Å². The van der Waals surface area contributed by atoms with Crippen LogP contribution in [0.2, 0.25) is 0 Å². The van der Waals surface area contributed by atoms with Crippen molar-refractivity contribution in [1.82, 2.24) is 10.2 Å². The maximum atomic E-state index is 12.4. The van der Waals surface area contributed by atoms with Crippen LogP contribution in [0.5, 0.6) is 0 Å². The number of hydrogen-bond acceptors (Lipinski definition) is 5. The molecule has 7 nitrogen and oxygen atoms in total. The fraction of sp³-hybridized carbons (Fsp3) is 0.438. The molecule has 0 radical (unpaired) electrons. The summed E-state index contributed by atoms with van der Waals surface area (Å²) < 4.78 is 9.33. The first-order valence-electron chi connectivity index (χ1n) is 7.32. The standard InChI is InChI=1S/C16H20N2O5/c1-22-14(19)7-8-17-16(21)18-10-12-6-4-3-5-11(12)9-13(18)15(20)23-2/h3-6,13H,7-10H2,1-2H3,(H,17,21). The van der Waals surface area contributed by atoms with Crippen molar-refractivity contribution in [1.29, 1.82) is 0 Å². The van der Waals surface area contributed by atoms with E-state index in [-0.39, 0.29) is 13.0 Å². The summed E-state index contributed by atoms with van der Waals surface area (Å²) in [5.41, 5.74) is 2.03. The van der Waals surface area contributed by atoms with Gasteiger partial charge in [0.15, 0.2) is 0 Å². The van der Waals surface area contributed by atoms with Gasteiger partial charge in [-0.25, -0.2) is 9.59 Å². The number of nitrogens with zero attached hydrogens (tertiary/aromatic N) is 1.